The molecule has 3 atom stereocenters. The molecule has 1 aromatic heterocycles. The summed E-state index contributed by atoms with van der Waals surface area (Å²) in [4.78, 5) is 5.65. The molecule has 2 heterocycles. The van der Waals surface area contributed by atoms with Crippen LogP contribution in [-0.4, -0.2) is 11.0 Å². The second-order valence-corrected chi connectivity index (χ2v) is 15.8. The van der Waals surface area contributed by atoms with Crippen LogP contribution in [0.2, 0.25) is 0 Å². The smallest absolute Gasteiger partial charge is 0.0793 e. The van der Waals surface area contributed by atoms with Gasteiger partial charge in [-0.05, 0) is 70.2 Å². The Kier molecular flexibility index (Phi) is 6.71. The highest BCUT2D eigenvalue weighted by atomic mass is 31.1. The van der Waals surface area contributed by atoms with Gasteiger partial charge in [-0.25, -0.2) is 4.98 Å². The lowest BCUT2D eigenvalue weighted by molar-refractivity contribution is 0.860. The Hall–Kier alpha value is -4.09. The Balaban J connectivity index is 1.52. The lowest BCUT2D eigenvalue weighted by Gasteiger charge is -2.34. The molecular weight excluding hydrogens is 558 g/mol. The van der Waals surface area contributed by atoms with Gasteiger partial charge >= 0.3 is 0 Å². The number of aryl methyl sites for hydroxylation is 1. The molecule has 8 rings (SSSR count). The van der Waals surface area contributed by atoms with E-state index in [0.29, 0.717) is 0 Å². The van der Waals surface area contributed by atoms with Crippen LogP contribution in [0.5, 0.6) is 0 Å². The predicted octanol–water partition coefficient (Wildman–Crippen LogP) is 7.92. The fraction of sp³-hybridized carbons (Fsp3) is 0.103. The number of para-hydroxylation sites is 2. The molecule has 0 saturated carbocycles. The average molecular weight is 591 g/mol. The maximum atomic E-state index is 5.65. The molecule has 2 aliphatic rings. The third-order valence-electron chi connectivity index (χ3n) is 8.53. The number of hydrogen-bond acceptors (Lipinski definition) is 2. The van der Waals surface area contributed by atoms with Crippen molar-refractivity contribution in [3.05, 3.63) is 150 Å². The van der Waals surface area contributed by atoms with E-state index in [1.165, 1.54) is 59.4 Å². The highest BCUT2D eigenvalue weighted by Crippen LogP contribution is 2.50. The molecule has 1 aliphatic carbocycles. The van der Waals surface area contributed by atoms with Crippen molar-refractivity contribution < 1.29 is 0 Å². The van der Waals surface area contributed by atoms with E-state index in [1.807, 2.05) is 0 Å². The van der Waals surface area contributed by atoms with Crippen molar-refractivity contribution in [1.29, 1.82) is 0 Å². The first kappa shape index (κ1) is 26.5. The molecule has 0 radical (unpaired) electrons. The Morgan fingerprint density at radius 1 is 0.628 bits per heavy atom. The normalized spacial score (nSPS) is 19.5. The summed E-state index contributed by atoms with van der Waals surface area (Å²) in [6, 6.07) is 45.2. The van der Waals surface area contributed by atoms with Crippen LogP contribution < -0.4 is 31.8 Å². The molecule has 0 saturated heterocycles. The Labute approximate surface area is 255 Å². The Morgan fingerprint density at radius 2 is 1.26 bits per heavy atom. The Bertz CT molecular complexity index is 2060. The number of nitrogens with zero attached hydrogens (tertiary/aromatic N) is 1. The van der Waals surface area contributed by atoms with E-state index >= 15 is 0 Å². The van der Waals surface area contributed by atoms with Crippen molar-refractivity contribution in [2.75, 3.05) is 5.32 Å². The van der Waals surface area contributed by atoms with Crippen LogP contribution in [0.15, 0.2) is 144 Å². The molecule has 5 aromatic carbocycles. The lowest BCUT2D eigenvalue weighted by atomic mass is 10.0. The van der Waals surface area contributed by atoms with Crippen molar-refractivity contribution >= 4 is 69.9 Å². The zero-order valence-electron chi connectivity index (χ0n) is 24.3. The third kappa shape index (κ3) is 4.71. The van der Waals surface area contributed by atoms with Crippen LogP contribution in [0.3, 0.4) is 0 Å². The number of anilines is 1. The van der Waals surface area contributed by atoms with Gasteiger partial charge in [0.05, 0.1) is 17.1 Å². The molecule has 0 spiro atoms. The van der Waals surface area contributed by atoms with Gasteiger partial charge in [-0.2, -0.15) is 0 Å². The van der Waals surface area contributed by atoms with Crippen molar-refractivity contribution in [1.82, 2.24) is 4.98 Å². The summed E-state index contributed by atoms with van der Waals surface area (Å²) in [7, 11) is -1.72. The minimum Gasteiger partial charge on any atom is -0.377 e. The molecule has 2 nitrogen and oxygen atoms in total. The number of hydrogen-bond donors (Lipinski definition) is 1. The van der Waals surface area contributed by atoms with Crippen molar-refractivity contribution in [2.24, 2.45) is 0 Å². The van der Waals surface area contributed by atoms with Gasteiger partial charge in [0, 0.05) is 32.4 Å². The first-order chi connectivity index (χ1) is 21.1. The summed E-state index contributed by atoms with van der Waals surface area (Å²) in [5.74, 6) is 0. The monoisotopic (exact) mass is 590 g/mol. The SMILES string of the molecule is CC1=CCC2Nc3ccc(C)cc3P(c3ccccc3)c3cccc4cc5cccc(c5nc34)P(c3ccccc3)C2=C1. The van der Waals surface area contributed by atoms with E-state index in [2.05, 4.69) is 153 Å². The third-order valence-corrected chi connectivity index (χ3v) is 13.7. The fourth-order valence-electron chi connectivity index (χ4n) is 6.51. The second kappa shape index (κ2) is 10.9. The maximum Gasteiger partial charge on any atom is 0.0793 e. The highest BCUT2D eigenvalue weighted by Gasteiger charge is 2.31. The zero-order chi connectivity index (χ0) is 28.9. The lowest BCUT2D eigenvalue weighted by Crippen LogP contribution is -2.32. The van der Waals surface area contributed by atoms with E-state index in [4.69, 9.17) is 4.98 Å². The van der Waals surface area contributed by atoms with Crippen molar-refractivity contribution in [2.45, 2.75) is 26.3 Å². The molecular formula is C39H32N2P2. The minimum atomic E-state index is -0.878. The van der Waals surface area contributed by atoms with E-state index in [0.717, 1.165) is 17.5 Å². The van der Waals surface area contributed by atoms with E-state index in [-0.39, 0.29) is 6.04 Å². The molecule has 208 valence electrons. The van der Waals surface area contributed by atoms with E-state index < -0.39 is 15.8 Å². The predicted molar refractivity (Wildman–Crippen MR) is 189 cm³/mol. The average Bonchev–Trinajstić information content (AvgIpc) is 3.03. The molecule has 0 fully saturated rings. The standard InChI is InChI=1S/C39H32N2P2/c1-26-19-21-32-36(23-26)42(30-13-5-3-6-14-30)34-17-9-11-28-25-29-12-10-18-35(39(29)41-38(28)34)43(31-15-7-4-8-16-31)37-24-27(2)20-22-33(37)40-32/h3-21,23-25,33,40H,22H2,1-2H3. The number of allylic oxidation sites excluding steroid dienone is 2. The first-order valence-electron chi connectivity index (χ1n) is 14.9. The molecule has 0 amide bonds. The topological polar surface area (TPSA) is 24.9 Å². The van der Waals surface area contributed by atoms with Crippen molar-refractivity contribution in [3.8, 4) is 0 Å². The summed E-state index contributed by atoms with van der Waals surface area (Å²) < 4.78 is 0. The molecule has 2 bridgehead atoms. The number of pyridine rings is 1. The van der Waals surface area contributed by atoms with Gasteiger partial charge in [0.15, 0.2) is 0 Å². The van der Waals surface area contributed by atoms with Crippen LogP contribution in [0.25, 0.3) is 21.8 Å². The molecule has 1 aliphatic heterocycles. The summed E-state index contributed by atoms with van der Waals surface area (Å²) in [5, 5.41) is 14.7. The number of nitrogens with one attached hydrogen (secondary N) is 1. The van der Waals surface area contributed by atoms with Crippen LogP contribution in [0, 0.1) is 6.92 Å². The van der Waals surface area contributed by atoms with Crippen LogP contribution in [-0.2, 0) is 0 Å². The highest BCUT2D eigenvalue weighted by molar-refractivity contribution is 7.80. The summed E-state index contributed by atoms with van der Waals surface area (Å²) in [6.07, 6.45) is 5.80. The van der Waals surface area contributed by atoms with Crippen molar-refractivity contribution in [3.63, 3.8) is 0 Å². The molecule has 1 N–H and O–H groups in total. The van der Waals surface area contributed by atoms with Gasteiger partial charge in [0.2, 0.25) is 0 Å². The van der Waals surface area contributed by atoms with Gasteiger partial charge in [-0.3, -0.25) is 0 Å². The fourth-order valence-corrected chi connectivity index (χ4v) is 11.9. The number of aromatic nitrogens is 1. The number of fused-ring (bicyclic) bond motifs is 2. The largest absolute Gasteiger partial charge is 0.377 e. The summed E-state index contributed by atoms with van der Waals surface area (Å²) in [5.41, 5.74) is 6.06. The molecule has 43 heavy (non-hydrogen) atoms. The quantitative estimate of drug-likeness (QED) is 0.164. The summed E-state index contributed by atoms with van der Waals surface area (Å²) in [6.45, 7) is 4.45. The first-order valence-corrected chi connectivity index (χ1v) is 17.6. The van der Waals surface area contributed by atoms with E-state index in [9.17, 15) is 0 Å². The van der Waals surface area contributed by atoms with E-state index in [1.54, 1.807) is 0 Å². The second-order valence-electron chi connectivity index (χ2n) is 11.5. The number of rotatable bonds is 2. The molecule has 4 heteroatoms. The maximum absolute atomic E-state index is 5.65. The van der Waals surface area contributed by atoms with Gasteiger partial charge in [0.1, 0.15) is 0 Å². The summed E-state index contributed by atoms with van der Waals surface area (Å²) >= 11 is 0. The minimum absolute atomic E-state index is 0.178. The van der Waals surface area contributed by atoms with Gasteiger partial charge in [-0.1, -0.05) is 126 Å². The van der Waals surface area contributed by atoms with Crippen LogP contribution in [0.4, 0.5) is 5.69 Å². The van der Waals surface area contributed by atoms with Gasteiger partial charge in [-0.15, -0.1) is 0 Å². The number of benzene rings is 5. The molecule has 6 aromatic rings. The Morgan fingerprint density at radius 3 is 1.93 bits per heavy atom. The van der Waals surface area contributed by atoms with Gasteiger partial charge in [0.25, 0.3) is 0 Å². The zero-order valence-corrected chi connectivity index (χ0v) is 26.1. The van der Waals surface area contributed by atoms with Gasteiger partial charge < -0.3 is 5.32 Å². The van der Waals surface area contributed by atoms with Crippen LogP contribution in [0.1, 0.15) is 18.9 Å². The molecule has 3 unspecified atom stereocenters. The van der Waals surface area contributed by atoms with Crippen LogP contribution >= 0.6 is 15.8 Å².